The number of hydrogen-bond donors (Lipinski definition) is 3. The van der Waals surface area contributed by atoms with Crippen LogP contribution in [0.3, 0.4) is 0 Å². The highest BCUT2D eigenvalue weighted by Gasteiger charge is 2.12. The normalized spacial score (nSPS) is 13.0. The average Bonchev–Trinajstić information content (AvgIpc) is 2.88. The predicted molar refractivity (Wildman–Crippen MR) is 81.1 cm³/mol. The van der Waals surface area contributed by atoms with E-state index in [1.807, 2.05) is 6.07 Å². The van der Waals surface area contributed by atoms with Gasteiger partial charge in [-0.3, -0.25) is 4.79 Å². The second kappa shape index (κ2) is 4.89. The largest absolute Gasteiger partial charge is 0.399 e. The van der Waals surface area contributed by atoms with Crippen LogP contribution in [-0.2, 0) is 12.8 Å². The maximum Gasteiger partial charge on any atom is 0.250 e. The summed E-state index contributed by atoms with van der Waals surface area (Å²) in [6, 6.07) is 11.4. The third-order valence-corrected chi connectivity index (χ3v) is 3.69. The summed E-state index contributed by atoms with van der Waals surface area (Å²) < 4.78 is 0. The molecule has 0 spiro atoms. The Balaban J connectivity index is 1.93. The molecular formula is C16H17N3O. The summed E-state index contributed by atoms with van der Waals surface area (Å²) >= 11 is 0. The Kier molecular flexibility index (Phi) is 3.06. The minimum absolute atomic E-state index is 0.408. The first-order valence-electron chi connectivity index (χ1n) is 6.71. The number of aryl methyl sites for hydroxylation is 2. The molecule has 0 saturated heterocycles. The quantitative estimate of drug-likeness (QED) is 0.748. The highest BCUT2D eigenvalue weighted by molar-refractivity contribution is 6.00. The average molecular weight is 267 g/mol. The van der Waals surface area contributed by atoms with Crippen molar-refractivity contribution in [3.63, 3.8) is 0 Å². The topological polar surface area (TPSA) is 81.1 Å². The highest BCUT2D eigenvalue weighted by Crippen LogP contribution is 2.28. The van der Waals surface area contributed by atoms with Crippen LogP contribution in [0.15, 0.2) is 36.4 Å². The number of nitrogens with one attached hydrogen (secondary N) is 1. The summed E-state index contributed by atoms with van der Waals surface area (Å²) in [7, 11) is 0. The van der Waals surface area contributed by atoms with E-state index in [2.05, 4.69) is 17.4 Å². The number of rotatable bonds is 3. The van der Waals surface area contributed by atoms with Gasteiger partial charge in [-0.2, -0.15) is 0 Å². The van der Waals surface area contributed by atoms with Crippen LogP contribution in [0.2, 0.25) is 0 Å². The first-order chi connectivity index (χ1) is 9.63. The molecule has 20 heavy (non-hydrogen) atoms. The Bertz CT molecular complexity index is 679. The van der Waals surface area contributed by atoms with Crippen molar-refractivity contribution < 1.29 is 4.79 Å². The van der Waals surface area contributed by atoms with E-state index >= 15 is 0 Å². The lowest BCUT2D eigenvalue weighted by atomic mass is 10.1. The number of carbonyl (C=O) groups excluding carboxylic acids is 1. The Morgan fingerprint density at radius 1 is 1.05 bits per heavy atom. The van der Waals surface area contributed by atoms with Crippen LogP contribution in [0.4, 0.5) is 17.1 Å². The maximum atomic E-state index is 11.5. The van der Waals surface area contributed by atoms with Crippen molar-refractivity contribution in [3.8, 4) is 0 Å². The molecule has 1 amide bonds. The lowest BCUT2D eigenvalue weighted by molar-refractivity contribution is 0.100. The summed E-state index contributed by atoms with van der Waals surface area (Å²) in [5.74, 6) is -0.485. The summed E-state index contributed by atoms with van der Waals surface area (Å²) in [4.78, 5) is 11.5. The Morgan fingerprint density at radius 3 is 2.65 bits per heavy atom. The third kappa shape index (κ3) is 2.32. The molecule has 0 heterocycles. The van der Waals surface area contributed by atoms with Gasteiger partial charge in [0.05, 0.1) is 11.3 Å². The molecule has 102 valence electrons. The fraction of sp³-hybridized carbons (Fsp3) is 0.188. The van der Waals surface area contributed by atoms with E-state index in [0.717, 1.165) is 18.5 Å². The standard InChI is InChI=1S/C16H17N3O/c17-12-5-7-15(14(9-12)16(18)20)19-13-6-4-10-2-1-3-11(10)8-13/h4-9,19H,1-3,17H2,(H2,18,20). The van der Waals surface area contributed by atoms with Gasteiger partial charge in [0, 0.05) is 11.4 Å². The van der Waals surface area contributed by atoms with Gasteiger partial charge < -0.3 is 16.8 Å². The van der Waals surface area contributed by atoms with Crippen LogP contribution in [0, 0.1) is 0 Å². The van der Waals surface area contributed by atoms with E-state index in [9.17, 15) is 4.79 Å². The number of anilines is 3. The Hall–Kier alpha value is -2.49. The van der Waals surface area contributed by atoms with E-state index in [1.54, 1.807) is 18.2 Å². The van der Waals surface area contributed by atoms with Crippen LogP contribution < -0.4 is 16.8 Å². The molecule has 4 heteroatoms. The zero-order valence-electron chi connectivity index (χ0n) is 11.1. The predicted octanol–water partition coefficient (Wildman–Crippen LogP) is 2.60. The molecule has 2 aromatic rings. The first-order valence-corrected chi connectivity index (χ1v) is 6.71. The molecule has 1 aliphatic rings. The summed E-state index contributed by atoms with van der Waals surface area (Å²) in [6.45, 7) is 0. The molecule has 0 aliphatic heterocycles. The molecule has 2 aromatic carbocycles. The zero-order chi connectivity index (χ0) is 14.1. The van der Waals surface area contributed by atoms with Crippen molar-refractivity contribution in [2.24, 2.45) is 5.73 Å². The Labute approximate surface area is 117 Å². The van der Waals surface area contributed by atoms with Crippen molar-refractivity contribution in [3.05, 3.63) is 53.1 Å². The number of nitrogen functional groups attached to an aromatic ring is 1. The van der Waals surface area contributed by atoms with E-state index in [4.69, 9.17) is 11.5 Å². The molecule has 3 rings (SSSR count). The summed E-state index contributed by atoms with van der Waals surface area (Å²) in [5, 5.41) is 3.25. The van der Waals surface area contributed by atoms with Crippen LogP contribution in [0.5, 0.6) is 0 Å². The number of primary amides is 1. The van der Waals surface area contributed by atoms with Gasteiger partial charge in [-0.05, 0) is 60.7 Å². The van der Waals surface area contributed by atoms with Gasteiger partial charge in [0.15, 0.2) is 0 Å². The molecule has 5 N–H and O–H groups in total. The second-order valence-electron chi connectivity index (χ2n) is 5.13. The smallest absolute Gasteiger partial charge is 0.250 e. The molecular weight excluding hydrogens is 250 g/mol. The molecule has 4 nitrogen and oxygen atoms in total. The van der Waals surface area contributed by atoms with Crippen molar-refractivity contribution in [2.75, 3.05) is 11.1 Å². The molecule has 0 bridgehead atoms. The van der Waals surface area contributed by atoms with E-state index < -0.39 is 5.91 Å². The van der Waals surface area contributed by atoms with Crippen molar-refractivity contribution in [2.45, 2.75) is 19.3 Å². The van der Waals surface area contributed by atoms with Gasteiger partial charge in [-0.1, -0.05) is 6.07 Å². The zero-order valence-corrected chi connectivity index (χ0v) is 11.1. The number of nitrogens with two attached hydrogens (primary N) is 2. The first kappa shape index (κ1) is 12.5. The monoisotopic (exact) mass is 267 g/mol. The number of benzene rings is 2. The summed E-state index contributed by atoms with van der Waals surface area (Å²) in [6.07, 6.45) is 3.49. The van der Waals surface area contributed by atoms with Gasteiger partial charge in [-0.15, -0.1) is 0 Å². The maximum absolute atomic E-state index is 11.5. The third-order valence-electron chi connectivity index (χ3n) is 3.69. The van der Waals surface area contributed by atoms with Crippen molar-refractivity contribution in [1.29, 1.82) is 0 Å². The summed E-state index contributed by atoms with van der Waals surface area (Å²) in [5.41, 5.74) is 16.5. The van der Waals surface area contributed by atoms with Gasteiger partial charge in [0.2, 0.25) is 0 Å². The number of fused-ring (bicyclic) bond motifs is 1. The lowest BCUT2D eigenvalue weighted by Crippen LogP contribution is -2.13. The van der Waals surface area contributed by atoms with Crippen LogP contribution >= 0.6 is 0 Å². The second-order valence-corrected chi connectivity index (χ2v) is 5.13. The van der Waals surface area contributed by atoms with Crippen molar-refractivity contribution >= 4 is 23.0 Å². The number of carbonyl (C=O) groups is 1. The van der Waals surface area contributed by atoms with E-state index in [1.165, 1.54) is 17.5 Å². The minimum Gasteiger partial charge on any atom is -0.399 e. The van der Waals surface area contributed by atoms with Crippen LogP contribution in [0.1, 0.15) is 27.9 Å². The van der Waals surface area contributed by atoms with Gasteiger partial charge in [0.1, 0.15) is 0 Å². The van der Waals surface area contributed by atoms with Gasteiger partial charge in [-0.25, -0.2) is 0 Å². The molecule has 0 saturated carbocycles. The molecule has 0 aromatic heterocycles. The van der Waals surface area contributed by atoms with Crippen molar-refractivity contribution in [1.82, 2.24) is 0 Å². The fourth-order valence-corrected chi connectivity index (χ4v) is 2.68. The Morgan fingerprint density at radius 2 is 1.85 bits per heavy atom. The molecule has 0 unspecified atom stereocenters. The molecule has 0 radical (unpaired) electrons. The van der Waals surface area contributed by atoms with Gasteiger partial charge in [0.25, 0.3) is 5.91 Å². The van der Waals surface area contributed by atoms with Crippen LogP contribution in [-0.4, -0.2) is 5.91 Å². The molecule has 0 atom stereocenters. The number of amides is 1. The van der Waals surface area contributed by atoms with Crippen LogP contribution in [0.25, 0.3) is 0 Å². The molecule has 0 fully saturated rings. The highest BCUT2D eigenvalue weighted by atomic mass is 16.1. The fourth-order valence-electron chi connectivity index (χ4n) is 2.68. The van der Waals surface area contributed by atoms with E-state index in [-0.39, 0.29) is 0 Å². The van der Waals surface area contributed by atoms with Gasteiger partial charge >= 0.3 is 0 Å². The number of hydrogen-bond acceptors (Lipinski definition) is 3. The SMILES string of the molecule is NC(=O)c1cc(N)ccc1Nc1ccc2c(c1)CCC2. The molecule has 1 aliphatic carbocycles. The van der Waals surface area contributed by atoms with E-state index in [0.29, 0.717) is 16.9 Å². The minimum atomic E-state index is -0.485. The lowest BCUT2D eigenvalue weighted by Gasteiger charge is -2.12.